The lowest BCUT2D eigenvalue weighted by Crippen LogP contribution is -2.44. The zero-order valence-corrected chi connectivity index (χ0v) is 17.1. The second kappa shape index (κ2) is 7.96. The molecule has 2 aliphatic rings. The van der Waals surface area contributed by atoms with Crippen LogP contribution in [0.4, 0.5) is 16.2 Å². The predicted octanol–water partition coefficient (Wildman–Crippen LogP) is 2.59. The van der Waals surface area contributed by atoms with E-state index in [4.69, 9.17) is 0 Å². The standard InChI is InChI=1S/C21H24N6OS/c28-21-26(14-15-27(21)17-4-2-1-3-5-17)11-8-16-6-7-18-19(24-29-23-18)20(16)25-12-9-22-10-13-25/h1-7,22H,8-15H2. The Morgan fingerprint density at radius 2 is 1.79 bits per heavy atom. The van der Waals surface area contributed by atoms with Gasteiger partial charge in [0.15, 0.2) is 0 Å². The average Bonchev–Trinajstić information content (AvgIpc) is 3.39. The molecule has 0 bridgehead atoms. The third-order valence-corrected chi connectivity index (χ3v) is 6.27. The van der Waals surface area contributed by atoms with Gasteiger partial charge < -0.3 is 15.1 Å². The molecule has 0 atom stereocenters. The molecule has 5 rings (SSSR count). The highest BCUT2D eigenvalue weighted by Crippen LogP contribution is 2.31. The zero-order valence-electron chi connectivity index (χ0n) is 16.3. The minimum Gasteiger partial charge on any atom is -0.367 e. The summed E-state index contributed by atoms with van der Waals surface area (Å²) in [5, 5.41) is 3.42. The predicted molar refractivity (Wildman–Crippen MR) is 117 cm³/mol. The number of anilines is 2. The fourth-order valence-electron chi connectivity index (χ4n) is 4.22. The average molecular weight is 409 g/mol. The second-order valence-electron chi connectivity index (χ2n) is 7.45. The molecule has 150 valence electrons. The van der Waals surface area contributed by atoms with Crippen LogP contribution in [0, 0.1) is 0 Å². The topological polar surface area (TPSA) is 64.6 Å². The van der Waals surface area contributed by atoms with Crippen LogP contribution in [0.5, 0.6) is 0 Å². The van der Waals surface area contributed by atoms with Crippen LogP contribution in [0.3, 0.4) is 0 Å². The zero-order chi connectivity index (χ0) is 19.6. The molecule has 0 spiro atoms. The molecule has 2 fully saturated rings. The van der Waals surface area contributed by atoms with E-state index in [1.165, 1.54) is 23.0 Å². The van der Waals surface area contributed by atoms with Crippen molar-refractivity contribution < 1.29 is 4.79 Å². The number of amides is 2. The summed E-state index contributed by atoms with van der Waals surface area (Å²) < 4.78 is 9.01. The molecule has 3 aromatic rings. The van der Waals surface area contributed by atoms with Crippen molar-refractivity contribution in [1.82, 2.24) is 19.0 Å². The lowest BCUT2D eigenvalue weighted by Gasteiger charge is -2.31. The van der Waals surface area contributed by atoms with Gasteiger partial charge in [-0.2, -0.15) is 8.75 Å². The summed E-state index contributed by atoms with van der Waals surface area (Å²) in [5.74, 6) is 0. The summed E-state index contributed by atoms with van der Waals surface area (Å²) in [5.41, 5.74) is 5.37. The monoisotopic (exact) mass is 408 g/mol. The summed E-state index contributed by atoms with van der Waals surface area (Å²) in [6.45, 7) is 6.10. The van der Waals surface area contributed by atoms with E-state index >= 15 is 0 Å². The van der Waals surface area contributed by atoms with Gasteiger partial charge in [0, 0.05) is 51.5 Å². The van der Waals surface area contributed by atoms with Crippen molar-refractivity contribution in [2.24, 2.45) is 0 Å². The van der Waals surface area contributed by atoms with E-state index in [9.17, 15) is 4.79 Å². The number of hydrogen-bond donors (Lipinski definition) is 1. The van der Waals surface area contributed by atoms with Crippen LogP contribution in [-0.2, 0) is 6.42 Å². The Hall–Kier alpha value is -2.71. The molecular weight excluding hydrogens is 384 g/mol. The highest BCUT2D eigenvalue weighted by atomic mass is 32.1. The molecule has 0 unspecified atom stereocenters. The first-order valence-corrected chi connectivity index (χ1v) is 10.9. The van der Waals surface area contributed by atoms with Crippen molar-refractivity contribution >= 4 is 40.2 Å². The van der Waals surface area contributed by atoms with Crippen LogP contribution >= 0.6 is 11.7 Å². The van der Waals surface area contributed by atoms with Crippen LogP contribution in [-0.4, -0.2) is 65.5 Å². The molecule has 29 heavy (non-hydrogen) atoms. The number of hydrogen-bond acceptors (Lipinski definition) is 6. The Bertz CT molecular complexity index is 1000. The Morgan fingerprint density at radius 1 is 0.966 bits per heavy atom. The van der Waals surface area contributed by atoms with Crippen molar-refractivity contribution in [3.63, 3.8) is 0 Å². The second-order valence-corrected chi connectivity index (χ2v) is 7.98. The van der Waals surface area contributed by atoms with Crippen LogP contribution < -0.4 is 15.1 Å². The maximum atomic E-state index is 12.9. The molecule has 1 N–H and O–H groups in total. The van der Waals surface area contributed by atoms with Gasteiger partial charge in [0.1, 0.15) is 11.0 Å². The van der Waals surface area contributed by atoms with Crippen molar-refractivity contribution in [2.45, 2.75) is 6.42 Å². The molecule has 0 radical (unpaired) electrons. The normalized spacial score (nSPS) is 17.5. The molecule has 0 saturated carbocycles. The lowest BCUT2D eigenvalue weighted by atomic mass is 10.1. The number of aromatic nitrogens is 2. The first kappa shape index (κ1) is 18.3. The molecule has 2 aliphatic heterocycles. The highest BCUT2D eigenvalue weighted by molar-refractivity contribution is 7.00. The van der Waals surface area contributed by atoms with Crippen LogP contribution in [0.2, 0.25) is 0 Å². The first-order valence-electron chi connectivity index (χ1n) is 10.1. The molecule has 0 aliphatic carbocycles. The van der Waals surface area contributed by atoms with Crippen molar-refractivity contribution in [1.29, 1.82) is 0 Å². The van der Waals surface area contributed by atoms with Gasteiger partial charge >= 0.3 is 6.03 Å². The van der Waals surface area contributed by atoms with Gasteiger partial charge in [0.2, 0.25) is 0 Å². The molecule has 7 nitrogen and oxygen atoms in total. The van der Waals surface area contributed by atoms with E-state index in [2.05, 4.69) is 31.1 Å². The number of urea groups is 1. The molecule has 2 amide bonds. The van der Waals surface area contributed by atoms with E-state index in [0.29, 0.717) is 6.54 Å². The molecule has 2 saturated heterocycles. The SMILES string of the molecule is O=C1N(CCc2ccc3nsnc3c2N2CCNCC2)CCN1c1ccccc1. The van der Waals surface area contributed by atoms with Gasteiger partial charge in [-0.1, -0.05) is 24.3 Å². The maximum Gasteiger partial charge on any atom is 0.324 e. The van der Waals surface area contributed by atoms with Gasteiger partial charge in [-0.15, -0.1) is 0 Å². The number of fused-ring (bicyclic) bond motifs is 1. The van der Waals surface area contributed by atoms with Gasteiger partial charge in [-0.25, -0.2) is 4.79 Å². The van der Waals surface area contributed by atoms with Gasteiger partial charge in [-0.05, 0) is 30.2 Å². The Balaban J connectivity index is 1.35. The Labute approximate surface area is 174 Å². The Morgan fingerprint density at radius 3 is 2.62 bits per heavy atom. The molecule has 2 aromatic carbocycles. The third kappa shape index (κ3) is 3.54. The smallest absolute Gasteiger partial charge is 0.324 e. The van der Waals surface area contributed by atoms with Crippen molar-refractivity contribution in [3.05, 3.63) is 48.0 Å². The number of nitrogens with one attached hydrogen (secondary N) is 1. The van der Waals surface area contributed by atoms with Crippen LogP contribution in [0.15, 0.2) is 42.5 Å². The minimum absolute atomic E-state index is 0.0938. The number of para-hydroxylation sites is 1. The molecule has 3 heterocycles. The van der Waals surface area contributed by atoms with Gasteiger partial charge in [0.25, 0.3) is 0 Å². The van der Waals surface area contributed by atoms with Gasteiger partial charge in [0.05, 0.1) is 17.4 Å². The summed E-state index contributed by atoms with van der Waals surface area (Å²) in [6.07, 6.45) is 0.821. The van der Waals surface area contributed by atoms with E-state index < -0.39 is 0 Å². The number of carbonyl (C=O) groups excluding carboxylic acids is 1. The summed E-state index contributed by atoms with van der Waals surface area (Å²) in [6, 6.07) is 14.2. The van der Waals surface area contributed by atoms with E-state index in [0.717, 1.165) is 62.4 Å². The highest BCUT2D eigenvalue weighted by Gasteiger charge is 2.29. The lowest BCUT2D eigenvalue weighted by molar-refractivity contribution is 0.221. The minimum atomic E-state index is 0.0938. The molecule has 8 heteroatoms. The van der Waals surface area contributed by atoms with Crippen molar-refractivity contribution in [3.8, 4) is 0 Å². The number of piperazine rings is 1. The third-order valence-electron chi connectivity index (χ3n) is 5.73. The number of benzene rings is 2. The van der Waals surface area contributed by atoms with Crippen molar-refractivity contribution in [2.75, 3.05) is 55.6 Å². The van der Waals surface area contributed by atoms with Gasteiger partial charge in [-0.3, -0.25) is 4.90 Å². The summed E-state index contributed by atoms with van der Waals surface area (Å²) >= 11 is 1.27. The Kier molecular flexibility index (Phi) is 5.03. The van der Waals surface area contributed by atoms with Crippen LogP contribution in [0.1, 0.15) is 5.56 Å². The number of nitrogens with zero attached hydrogens (tertiary/aromatic N) is 5. The quantitative estimate of drug-likeness (QED) is 0.703. The first-order chi connectivity index (χ1) is 14.3. The fourth-order valence-corrected chi connectivity index (χ4v) is 4.75. The fraction of sp³-hybridized carbons (Fsp3) is 0.381. The number of carbonyl (C=O) groups is 1. The number of rotatable bonds is 5. The van der Waals surface area contributed by atoms with Crippen LogP contribution in [0.25, 0.3) is 11.0 Å². The molecular formula is C21H24N6OS. The summed E-state index contributed by atoms with van der Waals surface area (Å²) in [7, 11) is 0. The largest absolute Gasteiger partial charge is 0.367 e. The molecule has 1 aromatic heterocycles. The van der Waals surface area contributed by atoms with E-state index in [1.807, 2.05) is 40.1 Å². The van der Waals surface area contributed by atoms with E-state index in [-0.39, 0.29) is 6.03 Å². The summed E-state index contributed by atoms with van der Waals surface area (Å²) in [4.78, 5) is 19.1. The maximum absolute atomic E-state index is 12.9. The van der Waals surface area contributed by atoms with E-state index in [1.54, 1.807) is 0 Å².